The maximum absolute atomic E-state index is 12.8. The average Bonchev–Trinajstić information content (AvgIpc) is 2.89. The Kier molecular flexibility index (Phi) is 6.77. The van der Waals surface area contributed by atoms with Crippen LogP contribution in [0.25, 0.3) is 11.3 Å². The van der Waals surface area contributed by atoms with Gasteiger partial charge >= 0.3 is 6.03 Å². The number of piperazine rings is 1. The Balaban J connectivity index is 1.35. The van der Waals surface area contributed by atoms with Gasteiger partial charge in [0.15, 0.2) is 5.82 Å². The van der Waals surface area contributed by atoms with E-state index in [9.17, 15) is 4.79 Å². The molecule has 172 valence electrons. The fourth-order valence-corrected chi connectivity index (χ4v) is 3.66. The molecule has 1 fully saturated rings. The van der Waals surface area contributed by atoms with Gasteiger partial charge in [0, 0.05) is 37.8 Å². The van der Waals surface area contributed by atoms with E-state index in [4.69, 9.17) is 14.2 Å². The molecule has 2 amide bonds. The van der Waals surface area contributed by atoms with Gasteiger partial charge in [-0.15, -0.1) is 10.2 Å². The molecule has 0 atom stereocenters. The molecular formula is C24H27N5O4. The van der Waals surface area contributed by atoms with E-state index in [1.807, 2.05) is 36.4 Å². The summed E-state index contributed by atoms with van der Waals surface area (Å²) in [4.78, 5) is 16.7. The molecule has 9 heteroatoms. The Labute approximate surface area is 192 Å². The van der Waals surface area contributed by atoms with Crippen LogP contribution in [0.3, 0.4) is 0 Å². The van der Waals surface area contributed by atoms with E-state index < -0.39 is 0 Å². The predicted octanol–water partition coefficient (Wildman–Crippen LogP) is 3.52. The SMILES string of the molecule is COc1cccc(-c2ccc(N3CCN(C(=O)Nc4ccc(OC)cc4OC)CC3)nn2)c1. The highest BCUT2D eigenvalue weighted by molar-refractivity contribution is 5.91. The normalized spacial score (nSPS) is 13.4. The lowest BCUT2D eigenvalue weighted by atomic mass is 10.1. The number of nitrogens with zero attached hydrogens (tertiary/aromatic N) is 4. The van der Waals surface area contributed by atoms with Gasteiger partial charge in [0.25, 0.3) is 0 Å². The van der Waals surface area contributed by atoms with Gasteiger partial charge < -0.3 is 29.3 Å². The topological polar surface area (TPSA) is 89.1 Å². The van der Waals surface area contributed by atoms with Crippen molar-refractivity contribution in [2.24, 2.45) is 0 Å². The summed E-state index contributed by atoms with van der Waals surface area (Å²) >= 11 is 0. The number of carbonyl (C=O) groups excluding carboxylic acids is 1. The van der Waals surface area contributed by atoms with Gasteiger partial charge in [-0.2, -0.15) is 0 Å². The van der Waals surface area contributed by atoms with Gasteiger partial charge in [-0.05, 0) is 36.4 Å². The van der Waals surface area contributed by atoms with Gasteiger partial charge in [0.05, 0.1) is 32.7 Å². The van der Waals surface area contributed by atoms with Gasteiger partial charge in [0.1, 0.15) is 17.2 Å². The highest BCUT2D eigenvalue weighted by atomic mass is 16.5. The molecule has 1 aromatic heterocycles. The maximum Gasteiger partial charge on any atom is 0.322 e. The van der Waals surface area contributed by atoms with Crippen LogP contribution in [0.2, 0.25) is 0 Å². The number of nitrogens with one attached hydrogen (secondary N) is 1. The molecular weight excluding hydrogens is 422 g/mol. The monoisotopic (exact) mass is 449 g/mol. The van der Waals surface area contributed by atoms with Crippen LogP contribution in [0.4, 0.5) is 16.3 Å². The van der Waals surface area contributed by atoms with Crippen LogP contribution >= 0.6 is 0 Å². The number of aromatic nitrogens is 2. The van der Waals surface area contributed by atoms with Crippen LogP contribution in [-0.2, 0) is 0 Å². The summed E-state index contributed by atoms with van der Waals surface area (Å²) < 4.78 is 15.8. The molecule has 0 spiro atoms. The second-order valence-corrected chi connectivity index (χ2v) is 7.48. The zero-order chi connectivity index (χ0) is 23.2. The lowest BCUT2D eigenvalue weighted by Gasteiger charge is -2.35. The van der Waals surface area contributed by atoms with E-state index in [-0.39, 0.29) is 6.03 Å². The van der Waals surface area contributed by atoms with Gasteiger partial charge in [-0.25, -0.2) is 4.79 Å². The van der Waals surface area contributed by atoms with Crippen molar-refractivity contribution in [2.75, 3.05) is 57.7 Å². The molecule has 9 nitrogen and oxygen atoms in total. The average molecular weight is 450 g/mol. The standard InChI is InChI=1S/C24H27N5O4/c1-31-18-6-4-5-17(15-18)20-9-10-23(27-26-20)28-11-13-29(14-12-28)24(30)25-21-8-7-19(32-2)16-22(21)33-3/h4-10,15-16H,11-14H2,1-3H3,(H,25,30). The number of anilines is 2. The fraction of sp³-hybridized carbons (Fsp3) is 0.292. The van der Waals surface area contributed by atoms with Gasteiger partial charge in [-0.3, -0.25) is 0 Å². The molecule has 0 unspecified atom stereocenters. The van der Waals surface area contributed by atoms with Crippen LogP contribution in [0, 0.1) is 0 Å². The van der Waals surface area contributed by atoms with E-state index >= 15 is 0 Å². The minimum Gasteiger partial charge on any atom is -0.497 e. The predicted molar refractivity (Wildman–Crippen MR) is 126 cm³/mol. The number of rotatable bonds is 6. The van der Waals surface area contributed by atoms with E-state index in [0.29, 0.717) is 43.4 Å². The second-order valence-electron chi connectivity index (χ2n) is 7.48. The van der Waals surface area contributed by atoms with Crippen molar-refractivity contribution in [1.82, 2.24) is 15.1 Å². The summed E-state index contributed by atoms with van der Waals surface area (Å²) in [6, 6.07) is 16.8. The molecule has 2 aromatic carbocycles. The van der Waals surface area contributed by atoms with Crippen LogP contribution in [-0.4, -0.2) is 68.6 Å². The van der Waals surface area contributed by atoms with E-state index in [2.05, 4.69) is 20.4 Å². The fourth-order valence-electron chi connectivity index (χ4n) is 3.66. The minimum absolute atomic E-state index is 0.169. The molecule has 1 N–H and O–H groups in total. The first-order chi connectivity index (χ1) is 16.1. The second kappa shape index (κ2) is 10.1. The quantitative estimate of drug-likeness (QED) is 0.616. The number of methoxy groups -OCH3 is 3. The number of benzene rings is 2. The van der Waals surface area contributed by atoms with E-state index in [1.54, 1.807) is 44.4 Å². The Hall–Kier alpha value is -4.01. The largest absolute Gasteiger partial charge is 0.497 e. The summed E-state index contributed by atoms with van der Waals surface area (Å²) in [5.41, 5.74) is 2.33. The number of amides is 2. The Bertz CT molecular complexity index is 1100. The smallest absolute Gasteiger partial charge is 0.322 e. The number of ether oxygens (including phenoxy) is 3. The van der Waals surface area contributed by atoms with Crippen molar-refractivity contribution in [3.8, 4) is 28.5 Å². The van der Waals surface area contributed by atoms with Gasteiger partial charge in [-0.1, -0.05) is 12.1 Å². The number of carbonyl (C=O) groups is 1. The molecule has 1 aliphatic heterocycles. The van der Waals surface area contributed by atoms with Gasteiger partial charge in [0.2, 0.25) is 0 Å². The molecule has 2 heterocycles. The maximum atomic E-state index is 12.8. The summed E-state index contributed by atoms with van der Waals surface area (Å²) in [5.74, 6) is 2.78. The first-order valence-corrected chi connectivity index (χ1v) is 10.6. The summed E-state index contributed by atoms with van der Waals surface area (Å²) in [6.07, 6.45) is 0. The first kappa shape index (κ1) is 22.2. The lowest BCUT2D eigenvalue weighted by molar-refractivity contribution is 0.208. The zero-order valence-electron chi connectivity index (χ0n) is 18.9. The zero-order valence-corrected chi connectivity index (χ0v) is 18.9. The Morgan fingerprint density at radius 2 is 1.61 bits per heavy atom. The third-order valence-corrected chi connectivity index (χ3v) is 5.56. The van der Waals surface area contributed by atoms with Crippen LogP contribution in [0.5, 0.6) is 17.2 Å². The molecule has 33 heavy (non-hydrogen) atoms. The molecule has 4 rings (SSSR count). The number of hydrogen-bond acceptors (Lipinski definition) is 7. The van der Waals surface area contributed by atoms with Crippen molar-refractivity contribution in [1.29, 1.82) is 0 Å². The third-order valence-electron chi connectivity index (χ3n) is 5.56. The number of hydrogen-bond donors (Lipinski definition) is 1. The highest BCUT2D eigenvalue weighted by Gasteiger charge is 2.23. The third kappa shape index (κ3) is 5.08. The Morgan fingerprint density at radius 3 is 2.27 bits per heavy atom. The van der Waals surface area contributed by atoms with Crippen molar-refractivity contribution in [3.05, 3.63) is 54.6 Å². The number of urea groups is 1. The first-order valence-electron chi connectivity index (χ1n) is 10.6. The van der Waals surface area contributed by atoms with Crippen LogP contribution < -0.4 is 24.4 Å². The molecule has 3 aromatic rings. The van der Waals surface area contributed by atoms with Crippen molar-refractivity contribution in [2.45, 2.75) is 0 Å². The van der Waals surface area contributed by atoms with Crippen molar-refractivity contribution in [3.63, 3.8) is 0 Å². The molecule has 0 saturated carbocycles. The van der Waals surface area contributed by atoms with E-state index in [1.165, 1.54) is 0 Å². The van der Waals surface area contributed by atoms with Crippen LogP contribution in [0.15, 0.2) is 54.6 Å². The molecule has 1 saturated heterocycles. The van der Waals surface area contributed by atoms with Crippen molar-refractivity contribution >= 4 is 17.5 Å². The summed E-state index contributed by atoms with van der Waals surface area (Å²) in [7, 11) is 4.79. The highest BCUT2D eigenvalue weighted by Crippen LogP contribution is 2.29. The summed E-state index contributed by atoms with van der Waals surface area (Å²) in [6.45, 7) is 2.48. The van der Waals surface area contributed by atoms with Crippen molar-refractivity contribution < 1.29 is 19.0 Å². The minimum atomic E-state index is -0.169. The van der Waals surface area contributed by atoms with Crippen LogP contribution in [0.1, 0.15) is 0 Å². The molecule has 0 bridgehead atoms. The molecule has 1 aliphatic rings. The molecule has 0 aliphatic carbocycles. The Morgan fingerprint density at radius 1 is 0.848 bits per heavy atom. The summed E-state index contributed by atoms with van der Waals surface area (Å²) in [5, 5.41) is 11.7. The lowest BCUT2D eigenvalue weighted by Crippen LogP contribution is -2.50. The molecule has 0 radical (unpaired) electrons. The van der Waals surface area contributed by atoms with E-state index in [0.717, 1.165) is 22.8 Å².